The van der Waals surface area contributed by atoms with Crippen LogP contribution in [0.1, 0.15) is 34.7 Å². The van der Waals surface area contributed by atoms with E-state index in [2.05, 4.69) is 337 Å². The van der Waals surface area contributed by atoms with Crippen LogP contribution >= 0.6 is 0 Å². The minimum Gasteiger partial charge on any atom is -0.306 e. The van der Waals surface area contributed by atoms with Crippen molar-refractivity contribution in [2.75, 3.05) is 19.6 Å². The van der Waals surface area contributed by atoms with Crippen molar-refractivity contribution < 1.29 is 0 Å². The van der Waals surface area contributed by atoms with Gasteiger partial charge in [0.2, 0.25) is 0 Å². The second-order valence-electron chi connectivity index (χ2n) is 21.1. The average molecular weight is 1050 g/mol. The van der Waals surface area contributed by atoms with Gasteiger partial charge in [0.1, 0.15) is 0 Å². The molecule has 12 aromatic carbocycles. The summed E-state index contributed by atoms with van der Waals surface area (Å²) in [6, 6.07) is 103. The lowest BCUT2D eigenvalue weighted by Gasteiger charge is -2.40. The summed E-state index contributed by atoms with van der Waals surface area (Å²) < 4.78 is 0. The number of fused-ring (bicyclic) bond motifs is 7. The van der Waals surface area contributed by atoms with Gasteiger partial charge in [0.25, 0.3) is 0 Å². The molecule has 0 atom stereocenters. The van der Waals surface area contributed by atoms with Crippen LogP contribution in [-0.2, 0) is 0 Å². The highest BCUT2D eigenvalue weighted by Crippen LogP contribution is 2.57. The van der Waals surface area contributed by atoms with Crippen LogP contribution in [0.25, 0.3) is 55.6 Å². The maximum Gasteiger partial charge on any atom is 0.0703 e. The fourth-order valence-corrected chi connectivity index (χ4v) is 12.2. The Morgan fingerprint density at radius 1 is 0.329 bits per heavy atom. The van der Waals surface area contributed by atoms with E-state index in [0.29, 0.717) is 0 Å². The van der Waals surface area contributed by atoms with E-state index >= 15 is 0 Å². The molecule has 0 spiro atoms. The zero-order valence-corrected chi connectivity index (χ0v) is 45.9. The lowest BCUT2D eigenvalue weighted by molar-refractivity contribution is 1.18. The van der Waals surface area contributed by atoms with Crippen molar-refractivity contribution in [1.82, 2.24) is 0 Å². The summed E-state index contributed by atoms with van der Waals surface area (Å²) in [4.78, 5) is 9.72. The number of allylic oxidation sites excluding steroid dienone is 3. The first-order valence-electron chi connectivity index (χ1n) is 28.1. The van der Waals surface area contributed by atoms with Crippen molar-refractivity contribution in [3.8, 4) is 0 Å². The summed E-state index contributed by atoms with van der Waals surface area (Å²) in [5.74, 6) is 0. The Labute approximate surface area is 480 Å². The van der Waals surface area contributed by atoms with Gasteiger partial charge in [-0.2, -0.15) is 0 Å². The van der Waals surface area contributed by atoms with Crippen molar-refractivity contribution in [2.45, 2.75) is 13.8 Å². The standard InChI is InChI=1S/C78H58N4/c1-54-24-7-8-29-60(54)52-56(3)64-50-48-61(79-71-36-13-17-40-75(71)81(76-41-18-14-37-72(76)79)69-44-21-30-58-27-9-11-33-65(58)69)32-23-35-63(55(2)46-47-57-25-5-4-6-26-57)68-53-62(49-51-67(64)68)80-73-38-15-19-42-77(73)82(78-43-20-16-39-74(78)80)70-45-22-31-59-28-10-12-34-66(59)70/h4-53H,2H2,1,3H3/b32-23?,35-23?,47-46-,50-48?,56-52+,61-32?,61-48?,63-35?,64-50?,67-64?,68-63?. The first kappa shape index (κ1) is 49.6. The van der Waals surface area contributed by atoms with E-state index in [4.69, 9.17) is 6.58 Å². The van der Waals surface area contributed by atoms with Crippen molar-refractivity contribution in [2.24, 2.45) is 0 Å². The van der Waals surface area contributed by atoms with Gasteiger partial charge in [-0.15, -0.1) is 0 Å². The number of anilines is 12. The first-order chi connectivity index (χ1) is 40.5. The third-order valence-electron chi connectivity index (χ3n) is 16.1. The van der Waals surface area contributed by atoms with Crippen molar-refractivity contribution in [3.05, 3.63) is 326 Å². The molecule has 2 aliphatic rings. The molecule has 12 aromatic rings. The van der Waals surface area contributed by atoms with Crippen LogP contribution in [0.3, 0.4) is 0 Å². The summed E-state index contributed by atoms with van der Waals surface area (Å²) >= 11 is 0. The molecule has 0 fully saturated rings. The molecule has 0 bridgehead atoms. The molecule has 0 aromatic heterocycles. The molecule has 0 amide bonds. The molecule has 14 rings (SSSR count). The SMILES string of the molecule is C=C(/C=C\c1ccccc1)c1cccc(N2c3ccccc3N(c3cccc4ccccc34)c3ccccc32)ccc(/C(C)=C/c2ccccc2C)c2ccc(N3c4ccccc4N(c4cccc5ccccc45)c4ccccc43)cc12. The Morgan fingerprint density at radius 2 is 0.756 bits per heavy atom. The fourth-order valence-electron chi connectivity index (χ4n) is 12.2. The van der Waals surface area contributed by atoms with Gasteiger partial charge in [-0.25, -0.2) is 0 Å². The van der Waals surface area contributed by atoms with Crippen LogP contribution in [-0.4, -0.2) is 0 Å². The van der Waals surface area contributed by atoms with Crippen molar-refractivity contribution in [1.29, 1.82) is 0 Å². The highest BCUT2D eigenvalue weighted by Gasteiger charge is 2.33. The van der Waals surface area contributed by atoms with Gasteiger partial charge in [-0.05, 0) is 159 Å². The van der Waals surface area contributed by atoms with Crippen LogP contribution in [0.2, 0.25) is 0 Å². The zero-order chi connectivity index (χ0) is 55.1. The smallest absolute Gasteiger partial charge is 0.0703 e. The Balaban J connectivity index is 1.01. The topological polar surface area (TPSA) is 13.0 Å². The molecule has 0 unspecified atom stereocenters. The van der Waals surface area contributed by atoms with Crippen molar-refractivity contribution >= 4 is 124 Å². The third kappa shape index (κ3) is 8.84. The Bertz CT molecular complexity index is 4500. The molecule has 390 valence electrons. The monoisotopic (exact) mass is 1050 g/mol. The molecule has 2 heterocycles. The van der Waals surface area contributed by atoms with Gasteiger partial charge in [-0.1, -0.05) is 225 Å². The molecular weight excluding hydrogens is 993 g/mol. The van der Waals surface area contributed by atoms with Gasteiger partial charge in [-0.3, -0.25) is 0 Å². The molecule has 82 heavy (non-hydrogen) atoms. The van der Waals surface area contributed by atoms with Gasteiger partial charge in [0, 0.05) is 22.1 Å². The Kier molecular flexibility index (Phi) is 12.8. The fraction of sp³-hybridized carbons (Fsp3) is 0.0256. The molecule has 0 N–H and O–H groups in total. The number of rotatable bonds is 9. The number of aryl methyl sites for hydroxylation is 1. The number of hydrogen-bond donors (Lipinski definition) is 0. The Morgan fingerprint density at radius 3 is 1.30 bits per heavy atom. The molecule has 2 aliphatic heterocycles. The molecule has 0 aliphatic carbocycles. The maximum atomic E-state index is 4.90. The predicted molar refractivity (Wildman–Crippen MR) is 352 cm³/mol. The second-order valence-corrected chi connectivity index (χ2v) is 21.1. The predicted octanol–water partition coefficient (Wildman–Crippen LogP) is 22.4. The summed E-state index contributed by atoms with van der Waals surface area (Å²) in [6.45, 7) is 9.35. The number of nitrogens with zero attached hydrogens (tertiary/aromatic N) is 4. The molecule has 0 radical (unpaired) electrons. The van der Waals surface area contributed by atoms with E-state index < -0.39 is 0 Å². The highest BCUT2D eigenvalue weighted by atomic mass is 15.3. The molecule has 4 heteroatoms. The van der Waals surface area contributed by atoms with Crippen LogP contribution in [0.15, 0.2) is 298 Å². The average Bonchev–Trinajstić information content (AvgIpc) is 3.54. The molecule has 4 nitrogen and oxygen atoms in total. The van der Waals surface area contributed by atoms with Crippen LogP contribution in [0, 0.1) is 6.92 Å². The van der Waals surface area contributed by atoms with Gasteiger partial charge < -0.3 is 19.6 Å². The van der Waals surface area contributed by atoms with E-state index in [0.717, 1.165) is 107 Å². The van der Waals surface area contributed by atoms with Gasteiger partial charge >= 0.3 is 0 Å². The molecule has 0 saturated heterocycles. The van der Waals surface area contributed by atoms with E-state index in [-0.39, 0.29) is 0 Å². The third-order valence-corrected chi connectivity index (χ3v) is 16.1. The summed E-state index contributed by atoms with van der Waals surface area (Å²) in [5, 5.41) is 6.95. The summed E-state index contributed by atoms with van der Waals surface area (Å²) in [7, 11) is 0. The van der Waals surface area contributed by atoms with E-state index in [1.807, 2.05) is 0 Å². The number of para-hydroxylation sites is 8. The lowest BCUT2D eigenvalue weighted by atomic mass is 9.93. The molecular formula is C78H58N4. The zero-order valence-electron chi connectivity index (χ0n) is 45.9. The van der Waals surface area contributed by atoms with Crippen LogP contribution in [0.4, 0.5) is 68.2 Å². The number of benzene rings is 11. The minimum absolute atomic E-state index is 0.888. The largest absolute Gasteiger partial charge is 0.306 e. The lowest BCUT2D eigenvalue weighted by Crippen LogP contribution is -2.24. The first-order valence-corrected chi connectivity index (χ1v) is 28.1. The van der Waals surface area contributed by atoms with E-state index in [1.54, 1.807) is 0 Å². The van der Waals surface area contributed by atoms with Gasteiger partial charge in [0.15, 0.2) is 0 Å². The van der Waals surface area contributed by atoms with Gasteiger partial charge in [0.05, 0.1) is 56.9 Å². The quantitative estimate of drug-likeness (QED) is 0.134. The Hall–Kier alpha value is -10.7. The van der Waals surface area contributed by atoms with Crippen molar-refractivity contribution in [3.63, 3.8) is 0 Å². The van der Waals surface area contributed by atoms with E-state index in [9.17, 15) is 0 Å². The van der Waals surface area contributed by atoms with E-state index in [1.165, 1.54) is 32.7 Å². The maximum absolute atomic E-state index is 4.90. The van der Waals surface area contributed by atoms with Crippen LogP contribution < -0.4 is 19.6 Å². The summed E-state index contributed by atoms with van der Waals surface area (Å²) in [6.07, 6.45) is 6.68. The minimum atomic E-state index is 0.888. The molecule has 0 saturated carbocycles. The highest BCUT2D eigenvalue weighted by molar-refractivity contribution is 6.11. The second kappa shape index (κ2) is 21.2. The normalized spacial score (nSPS) is 12.7. The summed E-state index contributed by atoms with van der Waals surface area (Å²) in [5.41, 5.74) is 20.7. The number of hydrogen-bond acceptors (Lipinski definition) is 4. The van der Waals surface area contributed by atoms with Crippen LogP contribution in [0.5, 0.6) is 0 Å².